The normalized spacial score (nSPS) is 10.7. The monoisotopic (exact) mass is 379 g/mol. The van der Waals surface area contributed by atoms with Crippen molar-refractivity contribution in [3.8, 4) is 5.75 Å². The van der Waals surface area contributed by atoms with Gasteiger partial charge in [0.15, 0.2) is 5.76 Å². The molecule has 1 aromatic carbocycles. The van der Waals surface area contributed by atoms with Crippen LogP contribution < -0.4 is 10.1 Å². The molecule has 130 valence electrons. The van der Waals surface area contributed by atoms with Crippen LogP contribution in [-0.4, -0.2) is 15.7 Å². The Labute approximate surface area is 154 Å². The van der Waals surface area contributed by atoms with E-state index < -0.39 is 0 Å². The highest BCUT2D eigenvalue weighted by Gasteiger charge is 2.13. The first kappa shape index (κ1) is 17.4. The number of halogens is 2. The molecule has 0 radical (unpaired) electrons. The maximum absolute atomic E-state index is 12.1. The Balaban J connectivity index is 1.57. The average Bonchev–Trinajstić information content (AvgIpc) is 3.23. The number of hydrogen-bond donors (Lipinski definition) is 1. The van der Waals surface area contributed by atoms with E-state index in [4.69, 9.17) is 32.4 Å². The molecule has 0 unspecified atom stereocenters. The summed E-state index contributed by atoms with van der Waals surface area (Å²) in [4.78, 5) is 12.1. The van der Waals surface area contributed by atoms with Gasteiger partial charge < -0.3 is 14.5 Å². The van der Waals surface area contributed by atoms with Gasteiger partial charge in [-0.1, -0.05) is 29.3 Å². The third kappa shape index (κ3) is 4.15. The topological polar surface area (TPSA) is 69.3 Å². The molecular weight excluding hydrogens is 365 g/mol. The minimum Gasteiger partial charge on any atom is -0.484 e. The van der Waals surface area contributed by atoms with Crippen molar-refractivity contribution < 1.29 is 13.9 Å². The fraction of sp³-hybridized carbons (Fsp3) is 0.176. The number of nitrogens with zero attached hydrogens (tertiary/aromatic N) is 2. The van der Waals surface area contributed by atoms with Crippen LogP contribution in [0.2, 0.25) is 10.0 Å². The van der Waals surface area contributed by atoms with Crippen molar-refractivity contribution in [1.82, 2.24) is 15.1 Å². The molecule has 6 nitrogen and oxygen atoms in total. The lowest BCUT2D eigenvalue weighted by Crippen LogP contribution is -2.23. The Kier molecular flexibility index (Phi) is 5.31. The first-order valence-electron chi connectivity index (χ1n) is 7.45. The van der Waals surface area contributed by atoms with E-state index >= 15 is 0 Å². The van der Waals surface area contributed by atoms with Gasteiger partial charge in [0.05, 0.1) is 17.3 Å². The molecule has 0 aliphatic rings. The largest absolute Gasteiger partial charge is 0.484 e. The number of nitrogens with one attached hydrogen (secondary N) is 1. The van der Waals surface area contributed by atoms with E-state index in [0.717, 1.165) is 5.69 Å². The molecule has 1 N–H and O–H groups in total. The molecule has 1 amide bonds. The lowest BCUT2D eigenvalue weighted by atomic mass is 10.3. The summed E-state index contributed by atoms with van der Waals surface area (Å²) in [6, 6.07) is 10.2. The molecule has 25 heavy (non-hydrogen) atoms. The van der Waals surface area contributed by atoms with Gasteiger partial charge in [0.2, 0.25) is 0 Å². The Morgan fingerprint density at radius 1 is 1.28 bits per heavy atom. The molecule has 0 bridgehead atoms. The zero-order valence-corrected chi connectivity index (χ0v) is 14.8. The predicted octanol–water partition coefficient (Wildman–Crippen LogP) is 3.83. The number of benzene rings is 1. The fourth-order valence-corrected chi connectivity index (χ4v) is 2.50. The number of rotatable bonds is 6. The van der Waals surface area contributed by atoms with Gasteiger partial charge in [-0.3, -0.25) is 9.48 Å². The smallest absolute Gasteiger partial charge is 0.287 e. The van der Waals surface area contributed by atoms with E-state index in [1.165, 1.54) is 0 Å². The molecular formula is C17H15Cl2N3O3. The number of amides is 1. The Hall–Kier alpha value is -2.44. The molecule has 0 aliphatic carbocycles. The summed E-state index contributed by atoms with van der Waals surface area (Å²) in [5.41, 5.74) is 0.888. The van der Waals surface area contributed by atoms with Crippen LogP contribution in [0, 0.1) is 0 Å². The molecule has 0 saturated heterocycles. The van der Waals surface area contributed by atoms with Crippen molar-refractivity contribution in [2.75, 3.05) is 0 Å². The highest BCUT2D eigenvalue weighted by Crippen LogP contribution is 2.32. The summed E-state index contributed by atoms with van der Waals surface area (Å²) in [5, 5.41) is 7.56. The third-order valence-electron chi connectivity index (χ3n) is 3.52. The van der Waals surface area contributed by atoms with Crippen molar-refractivity contribution >= 4 is 29.1 Å². The van der Waals surface area contributed by atoms with Crippen LogP contribution in [0.25, 0.3) is 0 Å². The summed E-state index contributed by atoms with van der Waals surface area (Å²) >= 11 is 12.0. The second-order valence-corrected chi connectivity index (χ2v) is 6.02. The highest BCUT2D eigenvalue weighted by atomic mass is 35.5. The van der Waals surface area contributed by atoms with E-state index in [1.807, 2.05) is 13.1 Å². The maximum Gasteiger partial charge on any atom is 0.287 e. The van der Waals surface area contributed by atoms with Crippen LogP contribution in [0.4, 0.5) is 0 Å². The van der Waals surface area contributed by atoms with E-state index in [2.05, 4.69) is 10.4 Å². The van der Waals surface area contributed by atoms with Crippen molar-refractivity contribution in [2.45, 2.75) is 13.2 Å². The molecule has 0 spiro atoms. The summed E-state index contributed by atoms with van der Waals surface area (Å²) in [5.74, 6) is 0.848. The minimum absolute atomic E-state index is 0.134. The molecule has 2 aromatic heterocycles. The van der Waals surface area contributed by atoms with E-state index in [-0.39, 0.29) is 18.3 Å². The first-order chi connectivity index (χ1) is 12.0. The number of carbonyl (C=O) groups excluding carboxylic acids is 1. The van der Waals surface area contributed by atoms with Gasteiger partial charge in [-0.05, 0) is 30.3 Å². The Morgan fingerprint density at radius 3 is 2.88 bits per heavy atom. The SMILES string of the molecule is Cn1nccc1CNC(=O)c1ccc(COc2cccc(Cl)c2Cl)o1. The van der Waals surface area contributed by atoms with E-state index in [0.29, 0.717) is 28.1 Å². The van der Waals surface area contributed by atoms with Crippen molar-refractivity contribution in [1.29, 1.82) is 0 Å². The molecule has 3 rings (SSSR count). The molecule has 0 atom stereocenters. The summed E-state index contributed by atoms with van der Waals surface area (Å²) < 4.78 is 12.8. The lowest BCUT2D eigenvalue weighted by Gasteiger charge is -2.07. The summed E-state index contributed by atoms with van der Waals surface area (Å²) in [7, 11) is 1.81. The lowest BCUT2D eigenvalue weighted by molar-refractivity contribution is 0.0918. The number of aromatic nitrogens is 2. The number of hydrogen-bond acceptors (Lipinski definition) is 4. The molecule has 3 aromatic rings. The molecule has 0 fully saturated rings. The van der Waals surface area contributed by atoms with Crippen LogP contribution >= 0.6 is 23.2 Å². The zero-order valence-electron chi connectivity index (χ0n) is 13.3. The first-order valence-corrected chi connectivity index (χ1v) is 8.21. The van der Waals surface area contributed by atoms with Gasteiger partial charge in [0, 0.05) is 13.2 Å². The summed E-state index contributed by atoms with van der Waals surface area (Å²) in [6.45, 7) is 0.495. The molecule has 0 saturated carbocycles. The molecule has 2 heterocycles. The van der Waals surface area contributed by atoms with Crippen molar-refractivity contribution in [3.63, 3.8) is 0 Å². The van der Waals surface area contributed by atoms with Gasteiger partial charge in [-0.2, -0.15) is 5.10 Å². The second-order valence-electron chi connectivity index (χ2n) is 5.24. The number of furan rings is 1. The maximum atomic E-state index is 12.1. The molecule has 0 aliphatic heterocycles. The number of carbonyl (C=O) groups is 1. The van der Waals surface area contributed by atoms with Gasteiger partial charge in [-0.25, -0.2) is 0 Å². The van der Waals surface area contributed by atoms with Gasteiger partial charge in [0.25, 0.3) is 5.91 Å². The standard InChI is InChI=1S/C17H15Cl2N3O3/c1-22-11(7-8-21-22)9-20-17(23)15-6-5-12(25-15)10-24-14-4-2-3-13(18)16(14)19/h2-8H,9-10H2,1H3,(H,20,23). The van der Waals surface area contributed by atoms with Gasteiger partial charge in [-0.15, -0.1) is 0 Å². The second kappa shape index (κ2) is 7.63. The Bertz CT molecular complexity index is 889. The fourth-order valence-electron chi connectivity index (χ4n) is 2.15. The van der Waals surface area contributed by atoms with Crippen LogP contribution in [0.5, 0.6) is 5.75 Å². The Morgan fingerprint density at radius 2 is 2.12 bits per heavy atom. The predicted molar refractivity (Wildman–Crippen MR) is 93.9 cm³/mol. The van der Waals surface area contributed by atoms with Crippen LogP contribution in [-0.2, 0) is 20.2 Å². The van der Waals surface area contributed by atoms with Gasteiger partial charge in [0.1, 0.15) is 23.1 Å². The van der Waals surface area contributed by atoms with Crippen molar-refractivity contribution in [2.24, 2.45) is 7.05 Å². The minimum atomic E-state index is -0.312. The number of ether oxygens (including phenoxy) is 1. The molecule has 8 heteroatoms. The van der Waals surface area contributed by atoms with Gasteiger partial charge >= 0.3 is 0 Å². The summed E-state index contributed by atoms with van der Waals surface area (Å²) in [6.07, 6.45) is 1.67. The van der Waals surface area contributed by atoms with Crippen LogP contribution in [0.15, 0.2) is 47.0 Å². The zero-order chi connectivity index (χ0) is 17.8. The van der Waals surface area contributed by atoms with Crippen molar-refractivity contribution in [3.05, 3.63) is 69.9 Å². The van der Waals surface area contributed by atoms with E-state index in [9.17, 15) is 4.79 Å². The number of aryl methyl sites for hydroxylation is 1. The van der Waals surface area contributed by atoms with Crippen LogP contribution in [0.3, 0.4) is 0 Å². The highest BCUT2D eigenvalue weighted by molar-refractivity contribution is 6.42. The third-order valence-corrected chi connectivity index (χ3v) is 4.33. The average molecular weight is 380 g/mol. The van der Waals surface area contributed by atoms with Crippen LogP contribution in [0.1, 0.15) is 22.0 Å². The van der Waals surface area contributed by atoms with E-state index in [1.54, 1.807) is 41.2 Å². The quantitative estimate of drug-likeness (QED) is 0.706.